The number of hydrogen-bond donors (Lipinski definition) is 1. The maximum absolute atomic E-state index is 13.7. The number of hydrogen-bond acceptors (Lipinski definition) is 2. The van der Waals surface area contributed by atoms with Crippen molar-refractivity contribution in [3.05, 3.63) is 52.9 Å². The van der Waals surface area contributed by atoms with Crippen LogP contribution in [0.25, 0.3) is 0 Å². The molecule has 5 heteroatoms. The Labute approximate surface area is 117 Å². The van der Waals surface area contributed by atoms with Gasteiger partial charge in [-0.2, -0.15) is 5.10 Å². The van der Waals surface area contributed by atoms with Crippen LogP contribution >= 0.6 is 0 Å². The van der Waals surface area contributed by atoms with Gasteiger partial charge in [0.25, 0.3) is 0 Å². The zero-order valence-electron chi connectivity index (χ0n) is 12.0. The average Bonchev–Trinajstić information content (AvgIpc) is 2.72. The van der Waals surface area contributed by atoms with Crippen molar-refractivity contribution in [3.8, 4) is 0 Å². The summed E-state index contributed by atoms with van der Waals surface area (Å²) in [5.74, 6) is -1.55. The maximum atomic E-state index is 13.7. The highest BCUT2D eigenvalue weighted by molar-refractivity contribution is 5.21. The molecule has 0 radical (unpaired) electrons. The molecular weight excluding hydrogens is 260 g/mol. The quantitative estimate of drug-likeness (QED) is 0.910. The number of halogens is 2. The minimum Gasteiger partial charge on any atom is -0.316 e. The van der Waals surface area contributed by atoms with Crippen LogP contribution in [-0.2, 0) is 19.9 Å². The first-order valence-electron chi connectivity index (χ1n) is 6.61. The lowest BCUT2D eigenvalue weighted by Crippen LogP contribution is -2.31. The molecule has 0 fully saturated rings. The topological polar surface area (TPSA) is 29.9 Å². The molecule has 2 rings (SSSR count). The number of likely N-dealkylation sites (N-methyl/N-ethyl adjacent to an activating group) is 1. The fraction of sp³-hybridized carbons (Fsp3) is 0.400. The summed E-state index contributed by atoms with van der Waals surface area (Å²) < 4.78 is 28.7. The molecule has 1 unspecified atom stereocenters. The fourth-order valence-corrected chi connectivity index (χ4v) is 2.36. The van der Waals surface area contributed by atoms with Gasteiger partial charge in [0.2, 0.25) is 0 Å². The summed E-state index contributed by atoms with van der Waals surface area (Å²) in [5, 5.41) is 7.44. The minimum atomic E-state index is -0.797. The SMILES string of the molecule is CNC(Cc1cccc(F)c1F)Cc1cc(C)nn1C. The lowest BCUT2D eigenvalue weighted by Gasteiger charge is -2.16. The van der Waals surface area contributed by atoms with Crippen molar-refractivity contribution in [2.45, 2.75) is 25.8 Å². The monoisotopic (exact) mass is 279 g/mol. The van der Waals surface area contributed by atoms with E-state index in [1.54, 1.807) is 6.07 Å². The second-order valence-corrected chi connectivity index (χ2v) is 5.01. The van der Waals surface area contributed by atoms with Gasteiger partial charge in [0.15, 0.2) is 11.6 Å². The van der Waals surface area contributed by atoms with E-state index in [1.165, 1.54) is 6.07 Å². The predicted molar refractivity (Wildman–Crippen MR) is 74.6 cm³/mol. The Morgan fingerprint density at radius 2 is 2.05 bits per heavy atom. The fourth-order valence-electron chi connectivity index (χ4n) is 2.36. The molecule has 1 aromatic heterocycles. The first-order chi connectivity index (χ1) is 9.51. The largest absolute Gasteiger partial charge is 0.316 e. The molecule has 0 aliphatic heterocycles. The summed E-state index contributed by atoms with van der Waals surface area (Å²) in [4.78, 5) is 0. The molecule has 0 amide bonds. The van der Waals surface area contributed by atoms with Gasteiger partial charge in [-0.3, -0.25) is 4.68 Å². The second kappa shape index (κ2) is 6.13. The van der Waals surface area contributed by atoms with Crippen molar-refractivity contribution in [3.63, 3.8) is 0 Å². The van der Waals surface area contributed by atoms with Crippen LogP contribution in [0.3, 0.4) is 0 Å². The van der Waals surface area contributed by atoms with Gasteiger partial charge < -0.3 is 5.32 Å². The van der Waals surface area contributed by atoms with Gasteiger partial charge in [0, 0.05) is 25.2 Å². The van der Waals surface area contributed by atoms with E-state index in [2.05, 4.69) is 10.4 Å². The molecule has 1 N–H and O–H groups in total. The molecule has 2 aromatic rings. The Balaban J connectivity index is 2.13. The van der Waals surface area contributed by atoms with Crippen molar-refractivity contribution in [2.24, 2.45) is 7.05 Å². The Kier molecular flexibility index (Phi) is 4.49. The van der Waals surface area contributed by atoms with Gasteiger partial charge in [0.05, 0.1) is 5.69 Å². The van der Waals surface area contributed by atoms with E-state index in [4.69, 9.17) is 0 Å². The Morgan fingerprint density at radius 3 is 2.65 bits per heavy atom. The van der Waals surface area contributed by atoms with Gasteiger partial charge in [-0.15, -0.1) is 0 Å². The molecule has 0 aliphatic rings. The number of rotatable bonds is 5. The van der Waals surface area contributed by atoms with Crippen LogP contribution in [0.1, 0.15) is 17.0 Å². The molecule has 1 heterocycles. The number of aryl methyl sites for hydroxylation is 2. The molecule has 1 atom stereocenters. The Morgan fingerprint density at radius 1 is 1.30 bits per heavy atom. The van der Waals surface area contributed by atoms with Gasteiger partial charge in [-0.05, 0) is 38.1 Å². The third kappa shape index (κ3) is 3.22. The van der Waals surface area contributed by atoms with Crippen LogP contribution in [0.5, 0.6) is 0 Å². The summed E-state index contributed by atoms with van der Waals surface area (Å²) in [6.45, 7) is 1.93. The summed E-state index contributed by atoms with van der Waals surface area (Å²) >= 11 is 0. The summed E-state index contributed by atoms with van der Waals surface area (Å²) in [7, 11) is 3.71. The van der Waals surface area contributed by atoms with Gasteiger partial charge >= 0.3 is 0 Å². The van der Waals surface area contributed by atoms with Crippen molar-refractivity contribution in [1.29, 1.82) is 0 Å². The number of aromatic nitrogens is 2. The van der Waals surface area contributed by atoms with E-state index in [1.807, 2.05) is 31.8 Å². The van der Waals surface area contributed by atoms with E-state index in [-0.39, 0.29) is 6.04 Å². The standard InChI is InChI=1S/C15H19F2N3/c1-10-7-13(20(3)19-10)9-12(18-2)8-11-5-4-6-14(16)15(11)17/h4-7,12,18H,8-9H2,1-3H3. The van der Waals surface area contributed by atoms with E-state index in [0.717, 1.165) is 17.5 Å². The molecular formula is C15H19F2N3. The summed E-state index contributed by atoms with van der Waals surface area (Å²) in [6, 6.07) is 6.33. The predicted octanol–water partition coefficient (Wildman–Crippen LogP) is 2.38. The average molecular weight is 279 g/mol. The molecule has 108 valence electrons. The number of nitrogens with one attached hydrogen (secondary N) is 1. The van der Waals surface area contributed by atoms with E-state index in [9.17, 15) is 8.78 Å². The molecule has 0 bridgehead atoms. The molecule has 0 saturated heterocycles. The number of nitrogens with zero attached hydrogens (tertiary/aromatic N) is 2. The van der Waals surface area contributed by atoms with Crippen LogP contribution in [0.2, 0.25) is 0 Å². The van der Waals surface area contributed by atoms with E-state index in [0.29, 0.717) is 18.4 Å². The maximum Gasteiger partial charge on any atom is 0.162 e. The molecule has 0 aliphatic carbocycles. The number of benzene rings is 1. The van der Waals surface area contributed by atoms with E-state index < -0.39 is 11.6 Å². The first kappa shape index (κ1) is 14.7. The van der Waals surface area contributed by atoms with Crippen LogP contribution < -0.4 is 5.32 Å². The molecule has 0 saturated carbocycles. The third-order valence-corrected chi connectivity index (χ3v) is 3.46. The Bertz CT molecular complexity index is 593. The van der Waals surface area contributed by atoms with Gasteiger partial charge in [-0.1, -0.05) is 12.1 Å². The smallest absolute Gasteiger partial charge is 0.162 e. The van der Waals surface area contributed by atoms with Crippen molar-refractivity contribution in [1.82, 2.24) is 15.1 Å². The highest BCUT2D eigenvalue weighted by atomic mass is 19.2. The van der Waals surface area contributed by atoms with Crippen LogP contribution in [0, 0.1) is 18.6 Å². The van der Waals surface area contributed by atoms with Crippen LogP contribution in [0.4, 0.5) is 8.78 Å². The van der Waals surface area contributed by atoms with Gasteiger partial charge in [0.1, 0.15) is 0 Å². The molecule has 3 nitrogen and oxygen atoms in total. The normalized spacial score (nSPS) is 12.7. The van der Waals surface area contributed by atoms with Crippen LogP contribution in [-0.4, -0.2) is 22.9 Å². The lowest BCUT2D eigenvalue weighted by molar-refractivity contribution is 0.478. The molecule has 20 heavy (non-hydrogen) atoms. The zero-order chi connectivity index (χ0) is 14.7. The highest BCUT2D eigenvalue weighted by Gasteiger charge is 2.15. The van der Waals surface area contributed by atoms with Crippen molar-refractivity contribution in [2.75, 3.05) is 7.05 Å². The van der Waals surface area contributed by atoms with Crippen LogP contribution in [0.15, 0.2) is 24.3 Å². The Hall–Kier alpha value is -1.75. The highest BCUT2D eigenvalue weighted by Crippen LogP contribution is 2.15. The molecule has 1 aromatic carbocycles. The van der Waals surface area contributed by atoms with E-state index >= 15 is 0 Å². The van der Waals surface area contributed by atoms with Crippen molar-refractivity contribution >= 4 is 0 Å². The third-order valence-electron chi connectivity index (χ3n) is 3.46. The summed E-state index contributed by atoms with van der Waals surface area (Å²) in [5.41, 5.74) is 2.41. The lowest BCUT2D eigenvalue weighted by atomic mass is 10.0. The van der Waals surface area contributed by atoms with Crippen molar-refractivity contribution < 1.29 is 8.78 Å². The first-order valence-corrected chi connectivity index (χ1v) is 6.61. The zero-order valence-corrected chi connectivity index (χ0v) is 12.0. The minimum absolute atomic E-state index is 0.0288. The summed E-state index contributed by atoms with van der Waals surface area (Å²) in [6.07, 6.45) is 1.15. The second-order valence-electron chi connectivity index (χ2n) is 5.01. The molecule has 0 spiro atoms. The van der Waals surface area contributed by atoms with Gasteiger partial charge in [-0.25, -0.2) is 8.78 Å².